The van der Waals surface area contributed by atoms with Gasteiger partial charge in [0.1, 0.15) is 16.4 Å². The van der Waals surface area contributed by atoms with E-state index in [4.69, 9.17) is 28.9 Å². The van der Waals surface area contributed by atoms with Crippen molar-refractivity contribution in [1.29, 1.82) is 0 Å². The van der Waals surface area contributed by atoms with Crippen LogP contribution in [0.25, 0.3) is 11.1 Å². The van der Waals surface area contributed by atoms with Crippen molar-refractivity contribution in [3.8, 4) is 16.9 Å². The van der Waals surface area contributed by atoms with Gasteiger partial charge in [0, 0.05) is 12.8 Å². The summed E-state index contributed by atoms with van der Waals surface area (Å²) < 4.78 is 53.7. The van der Waals surface area contributed by atoms with Gasteiger partial charge in [-0.15, -0.1) is 34.5 Å². The summed E-state index contributed by atoms with van der Waals surface area (Å²) in [5.41, 5.74) is 5.99. The van der Waals surface area contributed by atoms with Gasteiger partial charge in [0.15, 0.2) is 0 Å². The third-order valence-corrected chi connectivity index (χ3v) is 5.66. The Morgan fingerprint density at radius 3 is 2.38 bits per heavy atom. The highest BCUT2D eigenvalue weighted by molar-refractivity contribution is 7.17. The van der Waals surface area contributed by atoms with Crippen LogP contribution in [-0.2, 0) is 19.0 Å². The molecule has 3 aromatic rings. The lowest BCUT2D eigenvalue weighted by Crippen LogP contribution is -2.04. The molecule has 0 amide bonds. The van der Waals surface area contributed by atoms with E-state index in [2.05, 4.69) is 0 Å². The number of nitrogens with two attached hydrogens (primary N) is 1. The molecular weight excluding hydrogens is 449 g/mol. The molecular formula is C20H15Cl2F4NOS. The summed E-state index contributed by atoms with van der Waals surface area (Å²) in [6.07, 6.45) is -4.38. The maximum atomic E-state index is 14.7. The number of hydrogen-bond donors (Lipinski definition) is 2. The fourth-order valence-electron chi connectivity index (χ4n) is 3.00. The van der Waals surface area contributed by atoms with Crippen LogP contribution in [0.5, 0.6) is 5.75 Å². The Balaban J connectivity index is 1.98. The molecule has 0 atom stereocenters. The summed E-state index contributed by atoms with van der Waals surface area (Å²) in [5, 5.41) is 10.8. The van der Waals surface area contributed by atoms with Crippen molar-refractivity contribution in [3.05, 3.63) is 69.8 Å². The topological polar surface area (TPSA) is 46.2 Å². The zero-order valence-corrected chi connectivity index (χ0v) is 17.1. The molecule has 0 unspecified atom stereocenters. The minimum atomic E-state index is -4.52. The van der Waals surface area contributed by atoms with Crippen LogP contribution in [0.1, 0.15) is 21.6 Å². The van der Waals surface area contributed by atoms with E-state index < -0.39 is 22.4 Å². The normalized spacial score (nSPS) is 12.0. The second-order valence-electron chi connectivity index (χ2n) is 6.35. The molecule has 29 heavy (non-hydrogen) atoms. The molecule has 0 bridgehead atoms. The summed E-state index contributed by atoms with van der Waals surface area (Å²) in [6, 6.07) is 9.29. The lowest BCUT2D eigenvalue weighted by Gasteiger charge is -2.10. The van der Waals surface area contributed by atoms with Crippen molar-refractivity contribution in [1.82, 2.24) is 0 Å². The van der Waals surface area contributed by atoms with Gasteiger partial charge in [0.05, 0.1) is 21.0 Å². The second-order valence-corrected chi connectivity index (χ2v) is 8.77. The van der Waals surface area contributed by atoms with Gasteiger partial charge in [-0.3, -0.25) is 0 Å². The maximum absolute atomic E-state index is 14.7. The summed E-state index contributed by atoms with van der Waals surface area (Å²) in [5.74, 6) is -0.755. The van der Waals surface area contributed by atoms with Gasteiger partial charge in [-0.05, 0) is 28.8 Å². The van der Waals surface area contributed by atoms with Crippen molar-refractivity contribution >= 4 is 39.5 Å². The number of benzene rings is 2. The van der Waals surface area contributed by atoms with Crippen LogP contribution in [0.2, 0.25) is 0 Å². The third kappa shape index (κ3) is 4.79. The molecule has 3 N–H and O–H groups in total. The standard InChI is InChI=1S/C20H15Cl2F4NOS/c21-15(22)9-12-5-1-4-11(17(12)23)8-14-18(28)16(19(27)29-14)10-3-2-6-13(7-10)20(24,25)26/h1-7,15,28H,8-9,27H2. The Labute approximate surface area is 178 Å². The number of aromatic hydroxyl groups is 1. The van der Waals surface area contributed by atoms with Crippen LogP contribution >= 0.6 is 34.5 Å². The largest absolute Gasteiger partial charge is 0.506 e. The van der Waals surface area contributed by atoms with Crippen LogP contribution in [0, 0.1) is 5.82 Å². The summed E-state index contributed by atoms with van der Waals surface area (Å²) in [4.78, 5) is -0.419. The summed E-state index contributed by atoms with van der Waals surface area (Å²) >= 11 is 12.4. The first-order chi connectivity index (χ1) is 13.6. The van der Waals surface area contributed by atoms with E-state index in [1.807, 2.05) is 0 Å². The minimum Gasteiger partial charge on any atom is -0.506 e. The van der Waals surface area contributed by atoms with Crippen LogP contribution in [0.15, 0.2) is 42.5 Å². The van der Waals surface area contributed by atoms with Gasteiger partial charge >= 0.3 is 6.18 Å². The molecule has 0 spiro atoms. The molecule has 2 nitrogen and oxygen atoms in total. The van der Waals surface area contributed by atoms with Gasteiger partial charge < -0.3 is 10.8 Å². The molecule has 0 aliphatic carbocycles. The quantitative estimate of drug-likeness (QED) is 0.322. The predicted octanol–water partition coefficient (Wildman–Crippen LogP) is 6.80. The first-order valence-electron chi connectivity index (χ1n) is 8.40. The zero-order chi connectivity index (χ0) is 21.3. The smallest absolute Gasteiger partial charge is 0.416 e. The monoisotopic (exact) mass is 463 g/mol. The van der Waals surface area contributed by atoms with Crippen molar-refractivity contribution < 1.29 is 22.7 Å². The number of alkyl halides is 5. The molecule has 0 aliphatic heterocycles. The first kappa shape index (κ1) is 21.7. The molecule has 0 saturated carbocycles. The second kappa shape index (κ2) is 8.42. The van der Waals surface area contributed by atoms with Crippen molar-refractivity contribution in [2.75, 3.05) is 5.73 Å². The Bertz CT molecular complexity index is 1030. The van der Waals surface area contributed by atoms with E-state index in [1.54, 1.807) is 18.2 Å². The fraction of sp³-hybridized carbons (Fsp3) is 0.200. The Morgan fingerprint density at radius 1 is 1.07 bits per heavy atom. The Morgan fingerprint density at radius 2 is 1.72 bits per heavy atom. The Kier molecular flexibility index (Phi) is 6.31. The highest BCUT2D eigenvalue weighted by Crippen LogP contribution is 2.46. The number of anilines is 1. The van der Waals surface area contributed by atoms with Gasteiger partial charge in [-0.1, -0.05) is 30.3 Å². The highest BCUT2D eigenvalue weighted by atomic mass is 35.5. The van der Waals surface area contributed by atoms with E-state index >= 15 is 0 Å². The van der Waals surface area contributed by atoms with Gasteiger partial charge in [-0.25, -0.2) is 4.39 Å². The number of thiophene rings is 1. The Hall–Kier alpha value is -1.96. The molecule has 154 valence electrons. The van der Waals surface area contributed by atoms with Gasteiger partial charge in [-0.2, -0.15) is 13.2 Å². The number of nitrogen functional groups attached to an aromatic ring is 1. The predicted molar refractivity (Wildman–Crippen MR) is 109 cm³/mol. The average Bonchev–Trinajstić information content (AvgIpc) is 2.91. The minimum absolute atomic E-state index is 0.0224. The molecule has 0 saturated heterocycles. The summed E-state index contributed by atoms with van der Waals surface area (Å²) in [6.45, 7) is 0. The number of rotatable bonds is 5. The molecule has 2 aromatic carbocycles. The lowest BCUT2D eigenvalue weighted by atomic mass is 10.0. The maximum Gasteiger partial charge on any atom is 0.416 e. The van der Waals surface area contributed by atoms with E-state index in [1.165, 1.54) is 12.1 Å². The van der Waals surface area contributed by atoms with Crippen LogP contribution in [-0.4, -0.2) is 9.94 Å². The van der Waals surface area contributed by atoms with Gasteiger partial charge in [0.2, 0.25) is 0 Å². The first-order valence-corrected chi connectivity index (χ1v) is 10.1. The van der Waals surface area contributed by atoms with E-state index in [-0.39, 0.29) is 34.7 Å². The molecule has 0 fully saturated rings. The van der Waals surface area contributed by atoms with E-state index in [9.17, 15) is 22.7 Å². The number of hydrogen-bond acceptors (Lipinski definition) is 3. The fourth-order valence-corrected chi connectivity index (χ4v) is 4.35. The van der Waals surface area contributed by atoms with Crippen molar-refractivity contribution in [2.24, 2.45) is 0 Å². The number of halogens is 6. The van der Waals surface area contributed by atoms with Gasteiger partial charge in [0.25, 0.3) is 0 Å². The van der Waals surface area contributed by atoms with Crippen LogP contribution in [0.3, 0.4) is 0 Å². The van der Waals surface area contributed by atoms with Crippen LogP contribution < -0.4 is 5.73 Å². The molecule has 0 aliphatic rings. The molecule has 0 radical (unpaired) electrons. The third-order valence-electron chi connectivity index (χ3n) is 4.34. The van der Waals surface area contributed by atoms with Crippen molar-refractivity contribution in [3.63, 3.8) is 0 Å². The van der Waals surface area contributed by atoms with E-state index in [0.29, 0.717) is 16.0 Å². The molecule has 3 rings (SSSR count). The summed E-state index contributed by atoms with van der Waals surface area (Å²) in [7, 11) is 0. The molecule has 1 aromatic heterocycles. The highest BCUT2D eigenvalue weighted by Gasteiger charge is 2.31. The van der Waals surface area contributed by atoms with Crippen molar-refractivity contribution in [2.45, 2.75) is 23.9 Å². The molecule has 9 heteroatoms. The zero-order valence-electron chi connectivity index (χ0n) is 14.7. The lowest BCUT2D eigenvalue weighted by molar-refractivity contribution is -0.137. The van der Waals surface area contributed by atoms with Crippen LogP contribution in [0.4, 0.5) is 22.6 Å². The SMILES string of the molecule is Nc1sc(Cc2cccc(CC(Cl)Cl)c2F)c(O)c1-c1cccc(C(F)(F)F)c1. The average molecular weight is 464 g/mol. The van der Waals surface area contributed by atoms with E-state index in [0.717, 1.165) is 23.5 Å². The molecule has 1 heterocycles.